The predicted molar refractivity (Wildman–Crippen MR) is 116 cm³/mol. The number of aryl methyl sites for hydroxylation is 1. The molecule has 0 aliphatic carbocycles. The van der Waals surface area contributed by atoms with Crippen molar-refractivity contribution in [3.05, 3.63) is 82.2 Å². The van der Waals surface area contributed by atoms with Crippen LogP contribution < -0.4 is 10.7 Å². The molecule has 0 amide bonds. The standard InChI is InChI=1S/C23H17F2N5O2/c1-11(28-23-19-22(27-10-26-19)29-12(2)30-23)21-17(13-5-3-6-14(24)9-13)20(31)18-15(25)7-4-8-16(18)32-21/h3-11H,1-2H3,(H2,26,27,28,29,30)/t11-/m0/s1. The van der Waals surface area contributed by atoms with Crippen LogP contribution in [0.4, 0.5) is 14.6 Å². The van der Waals surface area contributed by atoms with Gasteiger partial charge in [0.25, 0.3) is 0 Å². The average Bonchev–Trinajstić information content (AvgIpc) is 3.22. The Morgan fingerprint density at radius 2 is 1.94 bits per heavy atom. The van der Waals surface area contributed by atoms with Gasteiger partial charge in [0.1, 0.15) is 39.7 Å². The molecule has 0 aliphatic heterocycles. The molecule has 3 heterocycles. The Hall–Kier alpha value is -4.14. The Kier molecular flexibility index (Phi) is 4.66. The van der Waals surface area contributed by atoms with Crippen molar-refractivity contribution in [3.8, 4) is 11.1 Å². The third-order valence-electron chi connectivity index (χ3n) is 5.15. The van der Waals surface area contributed by atoms with Crippen LogP contribution in [-0.2, 0) is 0 Å². The van der Waals surface area contributed by atoms with Gasteiger partial charge in [-0.1, -0.05) is 18.2 Å². The maximum absolute atomic E-state index is 14.5. The maximum atomic E-state index is 14.5. The summed E-state index contributed by atoms with van der Waals surface area (Å²) < 4.78 is 34.5. The van der Waals surface area contributed by atoms with Gasteiger partial charge in [0.2, 0.25) is 5.43 Å². The van der Waals surface area contributed by atoms with Crippen molar-refractivity contribution in [2.24, 2.45) is 0 Å². The number of anilines is 1. The van der Waals surface area contributed by atoms with Gasteiger partial charge in [0.05, 0.1) is 17.9 Å². The summed E-state index contributed by atoms with van der Waals surface area (Å²) in [5.74, 6) is -0.0478. The van der Waals surface area contributed by atoms with Gasteiger partial charge < -0.3 is 14.7 Å². The van der Waals surface area contributed by atoms with E-state index in [0.29, 0.717) is 22.8 Å². The second-order valence-electron chi connectivity index (χ2n) is 7.38. The highest BCUT2D eigenvalue weighted by atomic mass is 19.1. The molecule has 1 atom stereocenters. The highest BCUT2D eigenvalue weighted by Crippen LogP contribution is 2.32. The number of halogens is 2. The van der Waals surface area contributed by atoms with Gasteiger partial charge in [0, 0.05) is 0 Å². The second kappa shape index (κ2) is 7.52. The Labute approximate surface area is 180 Å². The van der Waals surface area contributed by atoms with Crippen LogP contribution in [0.15, 0.2) is 58.0 Å². The molecule has 0 fully saturated rings. The zero-order chi connectivity index (χ0) is 22.4. The van der Waals surface area contributed by atoms with E-state index in [0.717, 1.165) is 0 Å². The molecule has 0 bridgehead atoms. The quantitative estimate of drug-likeness (QED) is 0.419. The maximum Gasteiger partial charge on any atom is 0.203 e. The molecule has 0 saturated heterocycles. The molecular weight excluding hydrogens is 416 g/mol. The number of aromatic nitrogens is 4. The van der Waals surface area contributed by atoms with Gasteiger partial charge in [-0.2, -0.15) is 0 Å². The van der Waals surface area contributed by atoms with Crippen molar-refractivity contribution < 1.29 is 13.2 Å². The number of hydrogen-bond acceptors (Lipinski definition) is 6. The normalized spacial score (nSPS) is 12.4. The van der Waals surface area contributed by atoms with Crippen LogP contribution in [0.2, 0.25) is 0 Å². The third-order valence-corrected chi connectivity index (χ3v) is 5.15. The van der Waals surface area contributed by atoms with Crippen LogP contribution in [0.3, 0.4) is 0 Å². The summed E-state index contributed by atoms with van der Waals surface area (Å²) in [6.45, 7) is 3.51. The van der Waals surface area contributed by atoms with Crippen LogP contribution in [-0.4, -0.2) is 19.9 Å². The summed E-state index contributed by atoms with van der Waals surface area (Å²) in [6.07, 6.45) is 1.51. The number of nitrogens with zero attached hydrogens (tertiary/aromatic N) is 3. The Morgan fingerprint density at radius 3 is 2.75 bits per heavy atom. The zero-order valence-electron chi connectivity index (χ0n) is 17.1. The van der Waals surface area contributed by atoms with E-state index in [1.54, 1.807) is 19.9 Å². The fourth-order valence-electron chi connectivity index (χ4n) is 3.76. The number of benzene rings is 2. The summed E-state index contributed by atoms with van der Waals surface area (Å²) in [5, 5.41) is 3.02. The molecule has 5 rings (SSSR count). The SMILES string of the molecule is Cc1nc(N[C@@H](C)c2oc3cccc(F)c3c(=O)c2-c2cccc(F)c2)c2nc[nH]c2n1. The molecule has 160 valence electrons. The lowest BCUT2D eigenvalue weighted by molar-refractivity contribution is 0.513. The Bertz CT molecular complexity index is 1540. The fraction of sp³-hybridized carbons (Fsp3) is 0.130. The summed E-state index contributed by atoms with van der Waals surface area (Å²) in [6, 6.07) is 9.13. The molecule has 0 aliphatic rings. The smallest absolute Gasteiger partial charge is 0.203 e. The minimum Gasteiger partial charge on any atom is -0.458 e. The van der Waals surface area contributed by atoms with E-state index in [-0.39, 0.29) is 27.9 Å². The first-order valence-corrected chi connectivity index (χ1v) is 9.88. The van der Waals surface area contributed by atoms with Gasteiger partial charge in [-0.15, -0.1) is 0 Å². The van der Waals surface area contributed by atoms with Crippen LogP contribution in [0.1, 0.15) is 24.6 Å². The number of hydrogen-bond donors (Lipinski definition) is 2. The number of aromatic amines is 1. The van der Waals surface area contributed by atoms with E-state index in [1.165, 1.54) is 42.7 Å². The van der Waals surface area contributed by atoms with Crippen LogP contribution in [0.5, 0.6) is 0 Å². The third kappa shape index (κ3) is 3.27. The molecule has 7 nitrogen and oxygen atoms in total. The Morgan fingerprint density at radius 1 is 1.12 bits per heavy atom. The van der Waals surface area contributed by atoms with Crippen molar-refractivity contribution in [2.75, 3.05) is 5.32 Å². The first-order chi connectivity index (χ1) is 15.4. The summed E-state index contributed by atoms with van der Waals surface area (Å²) in [7, 11) is 0. The fourth-order valence-corrected chi connectivity index (χ4v) is 3.76. The van der Waals surface area contributed by atoms with Gasteiger partial charge in [-0.3, -0.25) is 4.79 Å². The lowest BCUT2D eigenvalue weighted by Gasteiger charge is -2.18. The number of imidazole rings is 1. The molecule has 9 heteroatoms. The highest BCUT2D eigenvalue weighted by molar-refractivity contribution is 5.85. The van der Waals surface area contributed by atoms with Crippen LogP contribution in [0.25, 0.3) is 33.3 Å². The van der Waals surface area contributed by atoms with E-state index >= 15 is 0 Å². The molecule has 5 aromatic rings. The van der Waals surface area contributed by atoms with E-state index < -0.39 is 23.1 Å². The van der Waals surface area contributed by atoms with Crippen molar-refractivity contribution in [1.82, 2.24) is 19.9 Å². The van der Waals surface area contributed by atoms with Crippen molar-refractivity contribution in [2.45, 2.75) is 19.9 Å². The van der Waals surface area contributed by atoms with E-state index in [4.69, 9.17) is 4.42 Å². The number of fused-ring (bicyclic) bond motifs is 2. The van der Waals surface area contributed by atoms with Crippen molar-refractivity contribution in [1.29, 1.82) is 0 Å². The van der Waals surface area contributed by atoms with E-state index in [9.17, 15) is 13.6 Å². The van der Waals surface area contributed by atoms with E-state index in [1.807, 2.05) is 0 Å². The molecular formula is C23H17F2N5O2. The first-order valence-electron chi connectivity index (χ1n) is 9.88. The second-order valence-corrected chi connectivity index (χ2v) is 7.38. The minimum atomic E-state index is -0.703. The molecule has 32 heavy (non-hydrogen) atoms. The van der Waals surface area contributed by atoms with Crippen molar-refractivity contribution in [3.63, 3.8) is 0 Å². The first kappa shape index (κ1) is 19.8. The van der Waals surface area contributed by atoms with E-state index in [2.05, 4.69) is 25.3 Å². The van der Waals surface area contributed by atoms with Crippen molar-refractivity contribution >= 4 is 28.0 Å². The number of nitrogens with one attached hydrogen (secondary N) is 2. The zero-order valence-corrected chi connectivity index (χ0v) is 17.1. The molecule has 2 aromatic carbocycles. The minimum absolute atomic E-state index is 0.0751. The monoisotopic (exact) mass is 433 g/mol. The topological polar surface area (TPSA) is 96.7 Å². The molecule has 2 N–H and O–H groups in total. The van der Waals surface area contributed by atoms with Gasteiger partial charge in [-0.05, 0) is 43.7 Å². The largest absolute Gasteiger partial charge is 0.458 e. The lowest BCUT2D eigenvalue weighted by atomic mass is 9.99. The molecule has 0 spiro atoms. The van der Waals surface area contributed by atoms with Gasteiger partial charge in [0.15, 0.2) is 11.5 Å². The summed E-state index contributed by atoms with van der Waals surface area (Å²) in [4.78, 5) is 29.3. The van der Waals surface area contributed by atoms with Gasteiger partial charge in [-0.25, -0.2) is 23.7 Å². The highest BCUT2D eigenvalue weighted by Gasteiger charge is 2.24. The number of H-pyrrole nitrogens is 1. The molecule has 0 radical (unpaired) electrons. The summed E-state index contributed by atoms with van der Waals surface area (Å²) in [5.41, 5.74) is 0.955. The predicted octanol–water partition coefficient (Wildman–Crippen LogP) is 4.89. The average molecular weight is 433 g/mol. The van der Waals surface area contributed by atoms with Crippen LogP contribution >= 0.6 is 0 Å². The lowest BCUT2D eigenvalue weighted by Crippen LogP contribution is -2.17. The summed E-state index contributed by atoms with van der Waals surface area (Å²) >= 11 is 0. The number of rotatable bonds is 4. The molecule has 0 unspecified atom stereocenters. The van der Waals surface area contributed by atoms with Crippen LogP contribution in [0, 0.1) is 18.6 Å². The molecule has 3 aromatic heterocycles. The molecule has 0 saturated carbocycles. The van der Waals surface area contributed by atoms with Gasteiger partial charge >= 0.3 is 0 Å². The Balaban J connectivity index is 1.72.